The number of rotatable bonds is 9. The molecule has 0 radical (unpaired) electrons. The molecule has 266 valence electrons. The molecule has 1 aliphatic carbocycles. The van der Waals surface area contributed by atoms with Gasteiger partial charge in [0.05, 0.1) is 14.2 Å². The molecule has 2 saturated heterocycles. The summed E-state index contributed by atoms with van der Waals surface area (Å²) in [5, 5.41) is 0. The van der Waals surface area contributed by atoms with Gasteiger partial charge in [-0.1, -0.05) is 42.5 Å². The fourth-order valence-electron chi connectivity index (χ4n) is 8.28. The molecule has 4 aromatic rings. The van der Waals surface area contributed by atoms with Crippen molar-refractivity contribution in [3.63, 3.8) is 0 Å². The van der Waals surface area contributed by atoms with E-state index >= 15 is 0 Å². The Labute approximate surface area is 293 Å². The summed E-state index contributed by atoms with van der Waals surface area (Å²) in [7, 11) is 2.90. The van der Waals surface area contributed by atoms with Crippen molar-refractivity contribution in [2.75, 3.05) is 33.9 Å². The Hall–Kier alpha value is -5.26. The van der Waals surface area contributed by atoms with Crippen molar-refractivity contribution < 1.29 is 41.8 Å². The third-order valence-corrected chi connectivity index (χ3v) is 10.5. The first kappa shape index (κ1) is 34.2. The smallest absolute Gasteiger partial charge is 0.497 e. The van der Waals surface area contributed by atoms with Gasteiger partial charge >= 0.3 is 12.3 Å². The summed E-state index contributed by atoms with van der Waals surface area (Å²) in [6.07, 6.45) is -2.40. The summed E-state index contributed by atoms with van der Waals surface area (Å²) in [4.78, 5) is 46.4. The van der Waals surface area contributed by atoms with Crippen molar-refractivity contribution >= 4 is 17.8 Å². The molecule has 2 fully saturated rings. The molecule has 51 heavy (non-hydrogen) atoms. The van der Waals surface area contributed by atoms with Crippen LogP contribution in [0.5, 0.6) is 11.5 Å². The molecular weight excluding hydrogens is 663 g/mol. The zero-order valence-corrected chi connectivity index (χ0v) is 28.3. The van der Waals surface area contributed by atoms with Crippen molar-refractivity contribution in [3.05, 3.63) is 119 Å². The Bertz CT molecular complexity index is 1920. The average molecular weight is 702 g/mol. The van der Waals surface area contributed by atoms with E-state index in [2.05, 4.69) is 4.74 Å². The molecule has 0 N–H and O–H groups in total. The lowest BCUT2D eigenvalue weighted by Gasteiger charge is -2.40. The number of carbonyl (C=O) groups excluding carboxylic acids is 3. The molecule has 0 unspecified atom stereocenters. The maximum Gasteiger partial charge on any atom is 0.573 e. The van der Waals surface area contributed by atoms with E-state index in [4.69, 9.17) is 9.47 Å². The Balaban J connectivity index is 1.35. The van der Waals surface area contributed by atoms with Crippen LogP contribution in [0.4, 0.5) is 13.2 Å². The SMILES string of the molecule is COC(=O)[C@@]1(Cc2ccc(OC)cc2)[C@H]2c3cc(C(=O)N4CCCC4)n(Cc4ccc(OC(F)(F)F)cc4)c3C[C@H]2CN1C(=O)c1ccccc1. The summed E-state index contributed by atoms with van der Waals surface area (Å²) in [5.74, 6) is -1.37. The number of ether oxygens (including phenoxy) is 3. The number of hydrogen-bond donors (Lipinski definition) is 0. The lowest BCUT2D eigenvalue weighted by Crippen LogP contribution is -2.58. The zero-order valence-electron chi connectivity index (χ0n) is 28.3. The molecule has 12 heteroatoms. The van der Waals surface area contributed by atoms with Crippen LogP contribution in [0.3, 0.4) is 0 Å². The summed E-state index contributed by atoms with van der Waals surface area (Å²) in [5.41, 5.74) is 2.56. The van der Waals surface area contributed by atoms with Gasteiger partial charge in [-0.05, 0) is 84.3 Å². The fourth-order valence-corrected chi connectivity index (χ4v) is 8.28. The Morgan fingerprint density at radius 3 is 2.12 bits per heavy atom. The van der Waals surface area contributed by atoms with Crippen LogP contribution in [0.25, 0.3) is 0 Å². The van der Waals surface area contributed by atoms with Gasteiger partial charge in [0.1, 0.15) is 17.2 Å². The van der Waals surface area contributed by atoms with Gasteiger partial charge < -0.3 is 28.6 Å². The minimum absolute atomic E-state index is 0.149. The van der Waals surface area contributed by atoms with Crippen molar-refractivity contribution in [3.8, 4) is 11.5 Å². The number of carbonyl (C=O) groups is 3. The maximum absolute atomic E-state index is 14.4. The van der Waals surface area contributed by atoms with E-state index < -0.39 is 23.8 Å². The Morgan fingerprint density at radius 1 is 0.843 bits per heavy atom. The fraction of sp³-hybridized carbons (Fsp3) is 0.359. The van der Waals surface area contributed by atoms with Crippen LogP contribution in [0.1, 0.15) is 62.0 Å². The monoisotopic (exact) mass is 701 g/mol. The molecular formula is C39H38F3N3O6. The standard InChI is InChI=1S/C39H38F3N3O6/c1-49-29-14-10-25(11-15-29)22-38(37(48)50-2)34-28(24-45(38)35(46)27-8-4-3-5-9-27)20-32-31(34)21-33(36(47)43-18-6-7-19-43)44(32)23-26-12-16-30(17-13-26)51-39(40,41)42/h3-5,8-17,21,28,34H,6-7,18-20,22-24H2,1-2H3/t28-,34+,38+/m0/s1. The minimum atomic E-state index is -4.82. The number of aromatic nitrogens is 1. The molecule has 1 aromatic heterocycles. The van der Waals surface area contributed by atoms with Crippen LogP contribution < -0.4 is 9.47 Å². The van der Waals surface area contributed by atoms with Crippen LogP contribution in [0.15, 0.2) is 84.9 Å². The second kappa shape index (κ2) is 13.5. The van der Waals surface area contributed by atoms with Gasteiger partial charge in [0.15, 0.2) is 5.54 Å². The first-order chi connectivity index (χ1) is 24.5. The molecule has 3 heterocycles. The normalized spacial score (nSPS) is 21.0. The number of esters is 1. The third-order valence-electron chi connectivity index (χ3n) is 10.5. The molecule has 3 aromatic carbocycles. The maximum atomic E-state index is 14.4. The largest absolute Gasteiger partial charge is 0.573 e. The Morgan fingerprint density at radius 2 is 1.49 bits per heavy atom. The first-order valence-electron chi connectivity index (χ1n) is 17.0. The number of benzene rings is 3. The van der Waals surface area contributed by atoms with Crippen LogP contribution in [0.2, 0.25) is 0 Å². The van der Waals surface area contributed by atoms with Crippen LogP contribution in [-0.2, 0) is 28.9 Å². The topological polar surface area (TPSA) is 90.3 Å². The molecule has 0 spiro atoms. The summed E-state index contributed by atoms with van der Waals surface area (Å²) in [6, 6.07) is 23.7. The summed E-state index contributed by atoms with van der Waals surface area (Å²) < 4.78 is 55.5. The van der Waals surface area contributed by atoms with Gasteiger partial charge in [0, 0.05) is 49.8 Å². The highest BCUT2D eigenvalue weighted by molar-refractivity contribution is 6.00. The van der Waals surface area contributed by atoms with E-state index in [1.54, 1.807) is 48.4 Å². The van der Waals surface area contributed by atoms with Crippen LogP contribution >= 0.6 is 0 Å². The van der Waals surface area contributed by atoms with Crippen LogP contribution in [-0.4, -0.2) is 77.9 Å². The van der Waals surface area contributed by atoms with E-state index in [1.807, 2.05) is 45.9 Å². The number of alkyl halides is 3. The molecule has 3 atom stereocenters. The van der Waals surface area contributed by atoms with Gasteiger partial charge in [-0.3, -0.25) is 9.59 Å². The molecule has 0 saturated carbocycles. The molecule has 3 aliphatic rings. The Kier molecular flexibility index (Phi) is 9.03. The molecule has 2 aliphatic heterocycles. The lowest BCUT2D eigenvalue weighted by atomic mass is 9.75. The average Bonchev–Trinajstić information content (AvgIpc) is 3.92. The lowest BCUT2D eigenvalue weighted by molar-refractivity contribution is -0.274. The number of amides is 2. The highest BCUT2D eigenvalue weighted by Gasteiger charge is 2.64. The summed E-state index contributed by atoms with van der Waals surface area (Å²) >= 11 is 0. The quantitative estimate of drug-likeness (QED) is 0.192. The predicted molar refractivity (Wildman–Crippen MR) is 181 cm³/mol. The zero-order chi connectivity index (χ0) is 35.9. The van der Waals surface area contributed by atoms with E-state index in [9.17, 15) is 27.6 Å². The van der Waals surface area contributed by atoms with Gasteiger partial charge in [-0.2, -0.15) is 0 Å². The molecule has 7 rings (SSSR count). The van der Waals surface area contributed by atoms with Crippen LogP contribution in [0, 0.1) is 5.92 Å². The van der Waals surface area contributed by atoms with Gasteiger partial charge in [0.2, 0.25) is 0 Å². The third kappa shape index (κ3) is 6.32. The van der Waals surface area contributed by atoms with Gasteiger partial charge in [-0.25, -0.2) is 4.79 Å². The number of nitrogens with zero attached hydrogens (tertiary/aromatic N) is 3. The van der Waals surface area contributed by atoms with Crippen molar-refractivity contribution in [1.29, 1.82) is 0 Å². The second-order valence-electron chi connectivity index (χ2n) is 13.4. The van der Waals surface area contributed by atoms with Crippen molar-refractivity contribution in [2.24, 2.45) is 5.92 Å². The van der Waals surface area contributed by atoms with Crippen molar-refractivity contribution in [2.45, 2.75) is 50.0 Å². The predicted octanol–water partition coefficient (Wildman–Crippen LogP) is 6.25. The highest BCUT2D eigenvalue weighted by atomic mass is 19.4. The number of likely N-dealkylation sites (tertiary alicyclic amines) is 2. The minimum Gasteiger partial charge on any atom is -0.497 e. The summed E-state index contributed by atoms with van der Waals surface area (Å²) in [6.45, 7) is 1.73. The van der Waals surface area contributed by atoms with Gasteiger partial charge in [-0.15, -0.1) is 13.2 Å². The molecule has 0 bridgehead atoms. The second-order valence-corrected chi connectivity index (χ2v) is 13.4. The number of hydrogen-bond acceptors (Lipinski definition) is 6. The number of halogens is 3. The van der Waals surface area contributed by atoms with E-state index in [1.165, 1.54) is 19.2 Å². The molecule has 9 nitrogen and oxygen atoms in total. The number of fused-ring (bicyclic) bond motifs is 3. The van der Waals surface area contributed by atoms with Crippen molar-refractivity contribution in [1.82, 2.24) is 14.4 Å². The van der Waals surface area contributed by atoms with E-state index in [0.29, 0.717) is 42.1 Å². The highest BCUT2D eigenvalue weighted by Crippen LogP contribution is 2.55. The van der Waals surface area contributed by atoms with E-state index in [-0.39, 0.29) is 43.0 Å². The van der Waals surface area contributed by atoms with Gasteiger partial charge in [0.25, 0.3) is 11.8 Å². The first-order valence-corrected chi connectivity index (χ1v) is 17.0. The number of methoxy groups -OCH3 is 2. The molecule has 2 amide bonds. The van der Waals surface area contributed by atoms with E-state index in [0.717, 1.165) is 29.7 Å².